The lowest BCUT2D eigenvalue weighted by Crippen LogP contribution is -2.54. The minimum absolute atomic E-state index is 0.221. The number of esters is 1. The highest BCUT2D eigenvalue weighted by molar-refractivity contribution is 7.98. The van der Waals surface area contributed by atoms with Crippen molar-refractivity contribution in [1.82, 2.24) is 10.0 Å². The molecular formula is C19H30N2O5S2. The molecule has 9 heteroatoms. The van der Waals surface area contributed by atoms with Gasteiger partial charge in [0.2, 0.25) is 15.9 Å². The van der Waals surface area contributed by atoms with Crippen LogP contribution in [0.15, 0.2) is 30.3 Å². The quantitative estimate of drug-likeness (QED) is 0.492. The number of methoxy groups -OCH3 is 1. The highest BCUT2D eigenvalue weighted by atomic mass is 32.2. The van der Waals surface area contributed by atoms with Gasteiger partial charge in [-0.25, -0.2) is 17.9 Å². The van der Waals surface area contributed by atoms with Crippen LogP contribution in [-0.2, 0) is 30.1 Å². The topological polar surface area (TPSA) is 102 Å². The average Bonchev–Trinajstić information content (AvgIpc) is 2.68. The van der Waals surface area contributed by atoms with Crippen LogP contribution in [0.2, 0.25) is 0 Å². The van der Waals surface area contributed by atoms with Crippen LogP contribution < -0.4 is 10.0 Å². The van der Waals surface area contributed by atoms with Crippen molar-refractivity contribution >= 4 is 33.7 Å². The number of carbonyl (C=O) groups excluding carboxylic acids is 2. The van der Waals surface area contributed by atoms with Crippen LogP contribution in [0, 0.1) is 5.92 Å². The van der Waals surface area contributed by atoms with Crippen LogP contribution in [0.1, 0.15) is 32.3 Å². The van der Waals surface area contributed by atoms with Crippen molar-refractivity contribution in [3.63, 3.8) is 0 Å². The fourth-order valence-corrected chi connectivity index (χ4v) is 4.49. The Bertz CT molecular complexity index is 725. The molecule has 0 aliphatic heterocycles. The predicted molar refractivity (Wildman–Crippen MR) is 112 cm³/mol. The van der Waals surface area contributed by atoms with Gasteiger partial charge in [0.1, 0.15) is 12.1 Å². The predicted octanol–water partition coefficient (Wildman–Crippen LogP) is 1.93. The van der Waals surface area contributed by atoms with Crippen molar-refractivity contribution in [2.75, 3.05) is 19.1 Å². The SMILES string of the molecule is CCC(C)[C@@H](NS(=O)(=O)Cc1ccccc1)C(=O)N[C@@H](CCSC)C(=O)OC. The number of rotatable bonds is 12. The van der Waals surface area contributed by atoms with Crippen molar-refractivity contribution in [2.45, 2.75) is 44.5 Å². The first-order valence-corrected chi connectivity index (χ1v) is 12.2. The maximum atomic E-state index is 12.8. The maximum absolute atomic E-state index is 12.8. The minimum Gasteiger partial charge on any atom is -0.467 e. The summed E-state index contributed by atoms with van der Waals surface area (Å²) in [6.07, 6.45) is 2.90. The van der Waals surface area contributed by atoms with Gasteiger partial charge < -0.3 is 10.1 Å². The molecule has 1 aromatic rings. The first-order chi connectivity index (χ1) is 13.2. The molecule has 28 heavy (non-hydrogen) atoms. The first kappa shape index (κ1) is 24.5. The minimum atomic E-state index is -3.74. The highest BCUT2D eigenvalue weighted by Crippen LogP contribution is 2.13. The lowest BCUT2D eigenvalue weighted by Gasteiger charge is -2.25. The van der Waals surface area contributed by atoms with Gasteiger partial charge in [-0.3, -0.25) is 4.79 Å². The van der Waals surface area contributed by atoms with Crippen LogP contribution in [0.5, 0.6) is 0 Å². The Morgan fingerprint density at radius 2 is 1.86 bits per heavy atom. The summed E-state index contributed by atoms with van der Waals surface area (Å²) in [4.78, 5) is 24.8. The van der Waals surface area contributed by atoms with Crippen LogP contribution >= 0.6 is 11.8 Å². The molecule has 2 N–H and O–H groups in total. The van der Waals surface area contributed by atoms with E-state index in [1.54, 1.807) is 49.0 Å². The Labute approximate surface area is 172 Å². The lowest BCUT2D eigenvalue weighted by atomic mass is 9.99. The number of amides is 1. The summed E-state index contributed by atoms with van der Waals surface area (Å²) < 4.78 is 32.5. The number of benzene rings is 1. The number of hydrogen-bond acceptors (Lipinski definition) is 6. The Balaban J connectivity index is 2.93. The largest absolute Gasteiger partial charge is 0.467 e. The van der Waals surface area contributed by atoms with Crippen LogP contribution in [0.3, 0.4) is 0 Å². The van der Waals surface area contributed by atoms with Crippen molar-refractivity contribution in [2.24, 2.45) is 5.92 Å². The second kappa shape index (κ2) is 12.1. The normalized spacial score (nSPS) is 14.7. The molecule has 0 aromatic heterocycles. The monoisotopic (exact) mass is 430 g/mol. The standard InChI is InChI=1S/C19H30N2O5S2/c1-5-14(2)17(18(22)20-16(11-12-27-4)19(23)26-3)21-28(24,25)13-15-9-7-6-8-10-15/h6-10,14,16-17,21H,5,11-13H2,1-4H3,(H,20,22)/t14?,16-,17+/m0/s1. The van der Waals surface area contributed by atoms with E-state index in [4.69, 9.17) is 4.74 Å². The van der Waals surface area contributed by atoms with Crippen LogP contribution in [0.4, 0.5) is 0 Å². The van der Waals surface area contributed by atoms with Crippen molar-refractivity contribution in [3.8, 4) is 0 Å². The molecule has 0 saturated heterocycles. The third-order valence-electron chi connectivity index (χ3n) is 4.41. The zero-order chi connectivity index (χ0) is 21.2. The molecule has 7 nitrogen and oxygen atoms in total. The van der Waals surface area contributed by atoms with E-state index < -0.39 is 34.0 Å². The van der Waals surface area contributed by atoms with Gasteiger partial charge in [0.05, 0.1) is 12.9 Å². The number of ether oxygens (including phenoxy) is 1. The van der Waals surface area contributed by atoms with Gasteiger partial charge in [0.15, 0.2) is 0 Å². The molecule has 158 valence electrons. The molecule has 1 aromatic carbocycles. The molecule has 0 spiro atoms. The summed E-state index contributed by atoms with van der Waals surface area (Å²) in [6.45, 7) is 3.67. The fourth-order valence-electron chi connectivity index (χ4n) is 2.58. The van der Waals surface area contributed by atoms with Gasteiger partial charge in [0.25, 0.3) is 0 Å². The van der Waals surface area contributed by atoms with Crippen LogP contribution in [0.25, 0.3) is 0 Å². The van der Waals surface area contributed by atoms with E-state index in [9.17, 15) is 18.0 Å². The van der Waals surface area contributed by atoms with Gasteiger partial charge in [-0.05, 0) is 29.9 Å². The summed E-state index contributed by atoms with van der Waals surface area (Å²) in [5.41, 5.74) is 0.630. The zero-order valence-electron chi connectivity index (χ0n) is 16.8. The van der Waals surface area contributed by atoms with Gasteiger partial charge in [-0.1, -0.05) is 50.6 Å². The Morgan fingerprint density at radius 3 is 2.39 bits per heavy atom. The van der Waals surface area contributed by atoms with E-state index in [2.05, 4.69) is 10.0 Å². The lowest BCUT2D eigenvalue weighted by molar-refractivity contribution is -0.145. The van der Waals surface area contributed by atoms with E-state index in [0.29, 0.717) is 24.2 Å². The van der Waals surface area contributed by atoms with Gasteiger partial charge in [-0.2, -0.15) is 11.8 Å². The van der Waals surface area contributed by atoms with Gasteiger partial charge in [-0.15, -0.1) is 0 Å². The van der Waals surface area contributed by atoms with E-state index in [-0.39, 0.29) is 11.7 Å². The number of carbonyl (C=O) groups is 2. The number of nitrogens with one attached hydrogen (secondary N) is 2. The summed E-state index contributed by atoms with van der Waals surface area (Å²) in [6, 6.07) is 6.98. The molecular weight excluding hydrogens is 400 g/mol. The molecule has 0 saturated carbocycles. The van der Waals surface area contributed by atoms with E-state index in [1.807, 2.05) is 13.2 Å². The number of sulfonamides is 1. The zero-order valence-corrected chi connectivity index (χ0v) is 18.4. The number of thioether (sulfide) groups is 1. The molecule has 1 unspecified atom stereocenters. The third kappa shape index (κ3) is 8.20. The molecule has 3 atom stereocenters. The third-order valence-corrected chi connectivity index (χ3v) is 6.38. The van der Waals surface area contributed by atoms with Gasteiger partial charge in [0, 0.05) is 0 Å². The van der Waals surface area contributed by atoms with Crippen molar-refractivity contribution < 1.29 is 22.7 Å². The Hall–Kier alpha value is -1.58. The van der Waals surface area contributed by atoms with E-state index in [1.165, 1.54) is 7.11 Å². The molecule has 0 heterocycles. The maximum Gasteiger partial charge on any atom is 0.328 e. The summed E-state index contributed by atoms with van der Waals surface area (Å²) >= 11 is 1.54. The van der Waals surface area contributed by atoms with Crippen LogP contribution in [-0.4, -0.2) is 51.5 Å². The molecule has 0 fully saturated rings. The second-order valence-electron chi connectivity index (χ2n) is 6.59. The summed E-state index contributed by atoms with van der Waals surface area (Å²) in [7, 11) is -2.48. The molecule has 0 aliphatic carbocycles. The fraction of sp³-hybridized carbons (Fsp3) is 0.579. The van der Waals surface area contributed by atoms with Crippen molar-refractivity contribution in [3.05, 3.63) is 35.9 Å². The second-order valence-corrected chi connectivity index (χ2v) is 9.33. The number of hydrogen-bond donors (Lipinski definition) is 2. The van der Waals surface area contributed by atoms with E-state index >= 15 is 0 Å². The average molecular weight is 431 g/mol. The van der Waals surface area contributed by atoms with Gasteiger partial charge >= 0.3 is 5.97 Å². The Morgan fingerprint density at radius 1 is 1.21 bits per heavy atom. The Kier molecular flexibility index (Phi) is 10.6. The molecule has 0 aliphatic rings. The van der Waals surface area contributed by atoms with Crippen molar-refractivity contribution in [1.29, 1.82) is 0 Å². The molecule has 0 radical (unpaired) electrons. The first-order valence-electron chi connectivity index (χ1n) is 9.15. The molecule has 0 bridgehead atoms. The molecule has 1 rings (SSSR count). The highest BCUT2D eigenvalue weighted by Gasteiger charge is 2.32. The summed E-state index contributed by atoms with van der Waals surface area (Å²) in [5.74, 6) is -0.876. The summed E-state index contributed by atoms with van der Waals surface area (Å²) in [5, 5.41) is 2.65. The van der Waals surface area contributed by atoms with E-state index in [0.717, 1.165) is 0 Å². The smallest absolute Gasteiger partial charge is 0.328 e. The molecule has 1 amide bonds.